The van der Waals surface area contributed by atoms with Crippen molar-refractivity contribution in [1.82, 2.24) is 9.55 Å². The highest BCUT2D eigenvalue weighted by atomic mass is 127. The van der Waals surface area contributed by atoms with Crippen LogP contribution in [0.15, 0.2) is 29.6 Å². The van der Waals surface area contributed by atoms with Crippen molar-refractivity contribution in [3.8, 4) is 11.4 Å². The molecular formula is C13H12IN3S. The van der Waals surface area contributed by atoms with Crippen molar-refractivity contribution in [2.75, 3.05) is 0 Å². The van der Waals surface area contributed by atoms with Gasteiger partial charge in [0.05, 0.1) is 13.9 Å². The Labute approximate surface area is 123 Å². The molecule has 2 aromatic heterocycles. The van der Waals surface area contributed by atoms with E-state index in [1.54, 1.807) is 11.3 Å². The van der Waals surface area contributed by atoms with Gasteiger partial charge in [-0.2, -0.15) is 0 Å². The zero-order valence-corrected chi connectivity index (χ0v) is 12.8. The van der Waals surface area contributed by atoms with E-state index in [1.807, 2.05) is 12.1 Å². The van der Waals surface area contributed by atoms with Crippen LogP contribution in [0.4, 0.5) is 0 Å². The van der Waals surface area contributed by atoms with Crippen LogP contribution in [-0.2, 0) is 13.6 Å². The van der Waals surface area contributed by atoms with Crippen molar-refractivity contribution in [2.45, 2.75) is 6.54 Å². The highest BCUT2D eigenvalue weighted by Crippen LogP contribution is 2.29. The predicted molar refractivity (Wildman–Crippen MR) is 84.6 cm³/mol. The molecule has 0 aliphatic heterocycles. The number of imidazole rings is 1. The molecule has 3 nitrogen and oxygen atoms in total. The number of rotatable bonds is 2. The summed E-state index contributed by atoms with van der Waals surface area (Å²) in [5, 5.41) is 2.14. The van der Waals surface area contributed by atoms with Crippen LogP contribution in [0.25, 0.3) is 22.4 Å². The van der Waals surface area contributed by atoms with Crippen molar-refractivity contribution in [3.05, 3.63) is 38.1 Å². The quantitative estimate of drug-likeness (QED) is 0.704. The molecule has 0 atom stereocenters. The van der Waals surface area contributed by atoms with Crippen LogP contribution in [0.3, 0.4) is 0 Å². The number of halogens is 1. The second-order valence-corrected chi connectivity index (χ2v) is 6.93. The van der Waals surface area contributed by atoms with Gasteiger partial charge in [0.2, 0.25) is 0 Å². The van der Waals surface area contributed by atoms with E-state index in [0.717, 1.165) is 22.4 Å². The lowest BCUT2D eigenvalue weighted by molar-refractivity contribution is 0.960. The molecule has 92 valence electrons. The lowest BCUT2D eigenvalue weighted by atomic mass is 10.2. The highest BCUT2D eigenvalue weighted by Gasteiger charge is 2.12. The van der Waals surface area contributed by atoms with Crippen molar-refractivity contribution < 1.29 is 0 Å². The monoisotopic (exact) mass is 369 g/mol. The molecule has 3 aromatic rings. The number of aryl methyl sites for hydroxylation is 1. The van der Waals surface area contributed by atoms with Gasteiger partial charge in [0.15, 0.2) is 0 Å². The molecule has 0 saturated carbocycles. The molecule has 2 heterocycles. The Morgan fingerprint density at radius 3 is 2.94 bits per heavy atom. The van der Waals surface area contributed by atoms with Crippen molar-refractivity contribution in [1.29, 1.82) is 0 Å². The average Bonchev–Trinajstić information content (AvgIpc) is 2.94. The topological polar surface area (TPSA) is 43.8 Å². The van der Waals surface area contributed by atoms with Gasteiger partial charge < -0.3 is 10.3 Å². The third-order valence-electron chi connectivity index (χ3n) is 3.04. The van der Waals surface area contributed by atoms with Gasteiger partial charge >= 0.3 is 0 Å². The number of fused-ring (bicyclic) bond motifs is 1. The minimum Gasteiger partial charge on any atom is -0.327 e. The van der Waals surface area contributed by atoms with Crippen LogP contribution < -0.4 is 5.73 Å². The van der Waals surface area contributed by atoms with Gasteiger partial charge in [-0.3, -0.25) is 0 Å². The summed E-state index contributed by atoms with van der Waals surface area (Å²) in [6, 6.07) is 8.32. The van der Waals surface area contributed by atoms with Crippen LogP contribution >= 0.6 is 33.9 Å². The number of hydrogen-bond acceptors (Lipinski definition) is 3. The average molecular weight is 369 g/mol. The molecule has 18 heavy (non-hydrogen) atoms. The van der Waals surface area contributed by atoms with E-state index < -0.39 is 0 Å². The first-order valence-electron chi connectivity index (χ1n) is 5.59. The smallest absolute Gasteiger partial charge is 0.141 e. The van der Waals surface area contributed by atoms with Crippen molar-refractivity contribution in [2.24, 2.45) is 12.8 Å². The first kappa shape index (κ1) is 12.1. The minimum atomic E-state index is 0.523. The lowest BCUT2D eigenvalue weighted by Gasteiger charge is -2.00. The van der Waals surface area contributed by atoms with E-state index in [-0.39, 0.29) is 0 Å². The predicted octanol–water partition coefficient (Wildman–Crippen LogP) is 3.37. The summed E-state index contributed by atoms with van der Waals surface area (Å²) in [6.07, 6.45) is 0. The van der Waals surface area contributed by atoms with Gasteiger partial charge in [0, 0.05) is 24.5 Å². The summed E-state index contributed by atoms with van der Waals surface area (Å²) in [6.45, 7) is 0.523. The summed E-state index contributed by atoms with van der Waals surface area (Å²) in [4.78, 5) is 4.75. The summed E-state index contributed by atoms with van der Waals surface area (Å²) < 4.78 is 3.40. The Bertz CT molecular complexity index is 714. The molecule has 0 spiro atoms. The third-order valence-corrected chi connectivity index (χ3v) is 4.83. The Balaban J connectivity index is 2.28. The molecule has 0 amide bonds. The number of aromatic nitrogens is 2. The van der Waals surface area contributed by atoms with E-state index in [4.69, 9.17) is 10.7 Å². The number of nitrogens with two attached hydrogens (primary N) is 1. The number of hydrogen-bond donors (Lipinski definition) is 1. The van der Waals surface area contributed by atoms with Gasteiger partial charge in [-0.05, 0) is 40.3 Å². The van der Waals surface area contributed by atoms with E-state index in [0.29, 0.717) is 6.54 Å². The Hall–Kier alpha value is -0.920. The largest absolute Gasteiger partial charge is 0.327 e. The van der Waals surface area contributed by atoms with Crippen molar-refractivity contribution in [3.63, 3.8) is 0 Å². The molecule has 0 fully saturated rings. The standard InChI is InChI=1S/C13H12IN3S/c1-17-10-4-2-3-8(6-15)12(10)16-13(17)9-5-11(14)18-7-9/h2-5,7H,6,15H2,1H3. The number of benzene rings is 1. The van der Waals surface area contributed by atoms with Gasteiger partial charge in [-0.15, -0.1) is 11.3 Å². The van der Waals surface area contributed by atoms with Crippen LogP contribution in [-0.4, -0.2) is 9.55 Å². The Morgan fingerprint density at radius 1 is 1.44 bits per heavy atom. The highest BCUT2D eigenvalue weighted by molar-refractivity contribution is 14.1. The zero-order valence-electron chi connectivity index (χ0n) is 9.85. The molecular weight excluding hydrogens is 357 g/mol. The molecule has 0 aliphatic rings. The first-order chi connectivity index (χ1) is 8.70. The molecule has 2 N–H and O–H groups in total. The SMILES string of the molecule is Cn1c(-c2csc(I)c2)nc2c(CN)cccc21. The van der Waals surface area contributed by atoms with E-state index >= 15 is 0 Å². The zero-order chi connectivity index (χ0) is 12.7. The Morgan fingerprint density at radius 2 is 2.28 bits per heavy atom. The molecule has 1 aromatic carbocycles. The van der Waals surface area contributed by atoms with E-state index in [2.05, 4.69) is 51.7 Å². The Kier molecular flexibility index (Phi) is 3.13. The van der Waals surface area contributed by atoms with Gasteiger partial charge in [0.25, 0.3) is 0 Å². The fraction of sp³-hybridized carbons (Fsp3) is 0.154. The first-order valence-corrected chi connectivity index (χ1v) is 7.55. The summed E-state index contributed by atoms with van der Waals surface area (Å²) >= 11 is 4.07. The minimum absolute atomic E-state index is 0.523. The van der Waals surface area contributed by atoms with Gasteiger partial charge in [-0.25, -0.2) is 4.98 Å². The molecule has 0 aliphatic carbocycles. The molecule has 0 saturated heterocycles. The maximum Gasteiger partial charge on any atom is 0.141 e. The van der Waals surface area contributed by atoms with Crippen LogP contribution in [0, 0.1) is 2.88 Å². The molecule has 0 bridgehead atoms. The third kappa shape index (κ3) is 1.86. The van der Waals surface area contributed by atoms with Gasteiger partial charge in [-0.1, -0.05) is 12.1 Å². The molecule has 5 heteroatoms. The summed E-state index contributed by atoms with van der Waals surface area (Å²) in [7, 11) is 2.05. The fourth-order valence-corrected chi connectivity index (χ4v) is 3.45. The second-order valence-electron chi connectivity index (χ2n) is 4.12. The van der Waals surface area contributed by atoms with E-state index in [9.17, 15) is 0 Å². The van der Waals surface area contributed by atoms with Crippen LogP contribution in [0.2, 0.25) is 0 Å². The fourth-order valence-electron chi connectivity index (χ4n) is 2.12. The van der Waals surface area contributed by atoms with Crippen molar-refractivity contribution >= 4 is 45.0 Å². The lowest BCUT2D eigenvalue weighted by Crippen LogP contribution is -1.97. The van der Waals surface area contributed by atoms with Crippen LogP contribution in [0.1, 0.15) is 5.56 Å². The maximum atomic E-state index is 5.77. The summed E-state index contributed by atoms with van der Waals surface area (Å²) in [5.41, 5.74) is 10.2. The van der Waals surface area contributed by atoms with E-state index in [1.165, 1.54) is 8.45 Å². The summed E-state index contributed by atoms with van der Waals surface area (Å²) in [5.74, 6) is 1.00. The van der Waals surface area contributed by atoms with Gasteiger partial charge in [0.1, 0.15) is 5.82 Å². The van der Waals surface area contributed by atoms with Crippen LogP contribution in [0.5, 0.6) is 0 Å². The molecule has 3 rings (SSSR count). The molecule has 0 radical (unpaired) electrons. The number of nitrogens with zero attached hydrogens (tertiary/aromatic N) is 2. The maximum absolute atomic E-state index is 5.77. The number of para-hydroxylation sites is 1. The normalized spacial score (nSPS) is 11.3. The number of thiophene rings is 1. The second kappa shape index (κ2) is 4.64. The molecule has 0 unspecified atom stereocenters.